The molecule has 4 heteroatoms. The minimum Gasteiger partial charge on any atom is -0.367 e. The smallest absolute Gasteiger partial charge is 0.129 e. The number of hydrogen-bond acceptors (Lipinski definition) is 4. The molecule has 1 unspecified atom stereocenters. The van der Waals surface area contributed by atoms with Gasteiger partial charge in [-0.25, -0.2) is 9.97 Å². The molecule has 16 heavy (non-hydrogen) atoms. The summed E-state index contributed by atoms with van der Waals surface area (Å²) in [5.41, 5.74) is 1.12. The Bertz CT molecular complexity index is 304. The molecule has 0 radical (unpaired) electrons. The second kappa shape index (κ2) is 7.49. The maximum absolute atomic E-state index is 4.24. The van der Waals surface area contributed by atoms with Crippen LogP contribution in [0, 0.1) is 0 Å². The van der Waals surface area contributed by atoms with E-state index in [0.29, 0.717) is 6.04 Å². The Morgan fingerprint density at radius 1 is 1.44 bits per heavy atom. The van der Waals surface area contributed by atoms with Gasteiger partial charge in [0.05, 0.1) is 0 Å². The Morgan fingerprint density at radius 2 is 2.25 bits per heavy atom. The summed E-state index contributed by atoms with van der Waals surface area (Å²) >= 11 is 1.88. The molecule has 1 N–H and O–H groups in total. The zero-order chi connectivity index (χ0) is 11.8. The van der Waals surface area contributed by atoms with Crippen molar-refractivity contribution in [3.05, 3.63) is 18.1 Å². The van der Waals surface area contributed by atoms with Crippen molar-refractivity contribution >= 4 is 17.6 Å². The summed E-state index contributed by atoms with van der Waals surface area (Å²) in [6.07, 6.45) is 7.09. The van der Waals surface area contributed by atoms with E-state index in [1.807, 2.05) is 11.8 Å². The average Bonchev–Trinajstić information content (AvgIpc) is 2.27. The van der Waals surface area contributed by atoms with Gasteiger partial charge >= 0.3 is 0 Å². The summed E-state index contributed by atoms with van der Waals surface area (Å²) in [5.74, 6) is 2.13. The highest BCUT2D eigenvalue weighted by atomic mass is 32.2. The first-order valence-electron chi connectivity index (χ1n) is 5.82. The quantitative estimate of drug-likeness (QED) is 0.794. The van der Waals surface area contributed by atoms with Crippen molar-refractivity contribution in [1.29, 1.82) is 0 Å². The molecule has 0 bridgehead atoms. The average molecular weight is 239 g/mol. The van der Waals surface area contributed by atoms with Crippen molar-refractivity contribution in [3.8, 4) is 0 Å². The second-order valence-corrected chi connectivity index (χ2v) is 4.96. The molecule has 1 aromatic rings. The molecule has 3 nitrogen and oxygen atoms in total. The van der Waals surface area contributed by atoms with Crippen molar-refractivity contribution < 1.29 is 0 Å². The lowest BCUT2D eigenvalue weighted by atomic mass is 10.2. The normalized spacial score (nSPS) is 12.4. The van der Waals surface area contributed by atoms with Crippen LogP contribution in [0.25, 0.3) is 0 Å². The van der Waals surface area contributed by atoms with Crippen LogP contribution in [0.1, 0.15) is 32.4 Å². The van der Waals surface area contributed by atoms with Gasteiger partial charge in [-0.05, 0) is 31.8 Å². The van der Waals surface area contributed by atoms with E-state index in [9.17, 15) is 0 Å². The van der Waals surface area contributed by atoms with Gasteiger partial charge in [0.15, 0.2) is 0 Å². The lowest BCUT2D eigenvalue weighted by Crippen LogP contribution is -2.17. The van der Waals surface area contributed by atoms with Gasteiger partial charge in [-0.15, -0.1) is 0 Å². The van der Waals surface area contributed by atoms with Crippen LogP contribution in [0.4, 0.5) is 5.82 Å². The van der Waals surface area contributed by atoms with Crippen molar-refractivity contribution in [2.75, 3.05) is 17.3 Å². The monoisotopic (exact) mass is 239 g/mol. The maximum Gasteiger partial charge on any atom is 0.129 e. The molecule has 0 amide bonds. The molecular formula is C12H21N3S. The van der Waals surface area contributed by atoms with Crippen LogP contribution in [0.5, 0.6) is 0 Å². The van der Waals surface area contributed by atoms with Gasteiger partial charge in [0.25, 0.3) is 0 Å². The maximum atomic E-state index is 4.24. The molecule has 0 aliphatic heterocycles. The summed E-state index contributed by atoms with van der Waals surface area (Å²) in [6, 6.07) is 2.52. The van der Waals surface area contributed by atoms with Crippen LogP contribution in [0.2, 0.25) is 0 Å². The van der Waals surface area contributed by atoms with E-state index in [1.54, 1.807) is 6.33 Å². The van der Waals surface area contributed by atoms with Gasteiger partial charge in [-0.1, -0.05) is 13.3 Å². The Balaban J connectivity index is 2.49. The minimum atomic E-state index is 0.469. The Morgan fingerprint density at radius 3 is 2.94 bits per heavy atom. The zero-order valence-corrected chi connectivity index (χ0v) is 11.2. The standard InChI is InChI=1S/C12H21N3S/c1-4-5-11-8-12(14-9-13-11)15-10(2)6-7-16-3/h8-10H,4-7H2,1-3H3,(H,13,14,15). The number of aryl methyl sites for hydroxylation is 1. The van der Waals surface area contributed by atoms with Gasteiger partial charge in [-0.2, -0.15) is 11.8 Å². The fourth-order valence-electron chi connectivity index (χ4n) is 1.49. The fraction of sp³-hybridized carbons (Fsp3) is 0.667. The highest BCUT2D eigenvalue weighted by Crippen LogP contribution is 2.10. The van der Waals surface area contributed by atoms with Gasteiger partial charge in [0, 0.05) is 17.8 Å². The van der Waals surface area contributed by atoms with E-state index in [1.165, 1.54) is 5.75 Å². The van der Waals surface area contributed by atoms with Crippen molar-refractivity contribution in [2.24, 2.45) is 0 Å². The predicted molar refractivity (Wildman–Crippen MR) is 72.1 cm³/mol. The first kappa shape index (κ1) is 13.3. The van der Waals surface area contributed by atoms with Gasteiger partial charge in [0.1, 0.15) is 12.1 Å². The summed E-state index contributed by atoms with van der Waals surface area (Å²) in [6.45, 7) is 4.36. The van der Waals surface area contributed by atoms with Crippen LogP contribution >= 0.6 is 11.8 Å². The van der Waals surface area contributed by atoms with Gasteiger partial charge in [-0.3, -0.25) is 0 Å². The third-order valence-electron chi connectivity index (χ3n) is 2.38. The van der Waals surface area contributed by atoms with E-state index in [-0.39, 0.29) is 0 Å². The van der Waals surface area contributed by atoms with E-state index >= 15 is 0 Å². The molecule has 90 valence electrons. The minimum absolute atomic E-state index is 0.469. The van der Waals surface area contributed by atoms with Gasteiger partial charge in [0.2, 0.25) is 0 Å². The number of anilines is 1. The number of nitrogens with one attached hydrogen (secondary N) is 1. The summed E-state index contributed by atoms with van der Waals surface area (Å²) in [4.78, 5) is 8.48. The number of thioether (sulfide) groups is 1. The molecule has 0 aromatic carbocycles. The zero-order valence-electron chi connectivity index (χ0n) is 10.4. The lowest BCUT2D eigenvalue weighted by molar-refractivity contribution is 0.763. The lowest BCUT2D eigenvalue weighted by Gasteiger charge is -2.13. The molecule has 0 saturated heterocycles. The highest BCUT2D eigenvalue weighted by Gasteiger charge is 2.03. The molecule has 1 rings (SSSR count). The van der Waals surface area contributed by atoms with Crippen LogP contribution in [0.3, 0.4) is 0 Å². The van der Waals surface area contributed by atoms with Crippen molar-refractivity contribution in [3.63, 3.8) is 0 Å². The Labute approximate surface area is 102 Å². The van der Waals surface area contributed by atoms with E-state index in [4.69, 9.17) is 0 Å². The third-order valence-corrected chi connectivity index (χ3v) is 3.02. The largest absolute Gasteiger partial charge is 0.367 e. The Kier molecular flexibility index (Phi) is 6.23. The Hall–Kier alpha value is -0.770. The third kappa shape index (κ3) is 4.84. The molecular weight excluding hydrogens is 218 g/mol. The molecule has 1 aromatic heterocycles. The SMILES string of the molecule is CCCc1cc(NC(C)CCSC)ncn1. The van der Waals surface area contributed by atoms with Crippen LogP contribution in [-0.2, 0) is 6.42 Å². The first-order valence-corrected chi connectivity index (χ1v) is 7.22. The van der Waals surface area contributed by atoms with Crippen molar-refractivity contribution in [2.45, 2.75) is 39.2 Å². The molecule has 1 heterocycles. The van der Waals surface area contributed by atoms with Crippen LogP contribution in [-0.4, -0.2) is 28.0 Å². The van der Waals surface area contributed by atoms with Crippen molar-refractivity contribution in [1.82, 2.24) is 9.97 Å². The molecule has 0 fully saturated rings. The summed E-state index contributed by atoms with van der Waals surface area (Å²) in [7, 11) is 0. The summed E-state index contributed by atoms with van der Waals surface area (Å²) < 4.78 is 0. The molecule has 0 aliphatic carbocycles. The second-order valence-electron chi connectivity index (χ2n) is 3.97. The number of hydrogen-bond donors (Lipinski definition) is 1. The summed E-state index contributed by atoms with van der Waals surface area (Å²) in [5, 5.41) is 3.41. The number of nitrogens with zero attached hydrogens (tertiary/aromatic N) is 2. The van der Waals surface area contributed by atoms with Crippen LogP contribution in [0.15, 0.2) is 12.4 Å². The fourth-order valence-corrected chi connectivity index (χ4v) is 2.08. The predicted octanol–water partition coefficient (Wildman–Crippen LogP) is 2.98. The molecule has 0 saturated carbocycles. The molecule has 1 atom stereocenters. The first-order chi connectivity index (χ1) is 7.76. The van der Waals surface area contributed by atoms with Crippen LogP contribution < -0.4 is 5.32 Å². The number of aromatic nitrogens is 2. The van der Waals surface area contributed by atoms with E-state index < -0.39 is 0 Å². The van der Waals surface area contributed by atoms with E-state index in [0.717, 1.165) is 30.8 Å². The molecule has 0 spiro atoms. The van der Waals surface area contributed by atoms with Gasteiger partial charge < -0.3 is 5.32 Å². The highest BCUT2D eigenvalue weighted by molar-refractivity contribution is 7.98. The van der Waals surface area contributed by atoms with E-state index in [2.05, 4.69) is 41.5 Å². The topological polar surface area (TPSA) is 37.8 Å². The number of rotatable bonds is 7. The molecule has 0 aliphatic rings.